The SMILES string of the molecule is COC(=O)C1=C(C(=O)OC)N(c2ccc(N3CCN(C)CC3)cc2Cl)COC1. The molecule has 1 aromatic carbocycles. The molecule has 8 nitrogen and oxygen atoms in total. The average molecular weight is 410 g/mol. The summed E-state index contributed by atoms with van der Waals surface area (Å²) >= 11 is 6.56. The zero-order valence-corrected chi connectivity index (χ0v) is 17.0. The minimum Gasteiger partial charge on any atom is -0.466 e. The summed E-state index contributed by atoms with van der Waals surface area (Å²) < 4.78 is 15.2. The van der Waals surface area contributed by atoms with E-state index in [9.17, 15) is 9.59 Å². The summed E-state index contributed by atoms with van der Waals surface area (Å²) in [4.78, 5) is 30.6. The van der Waals surface area contributed by atoms with Crippen molar-refractivity contribution in [2.45, 2.75) is 0 Å². The lowest BCUT2D eigenvalue weighted by atomic mass is 10.1. The highest BCUT2D eigenvalue weighted by Gasteiger charge is 2.33. The number of hydrogen-bond donors (Lipinski definition) is 0. The van der Waals surface area contributed by atoms with Gasteiger partial charge in [-0.3, -0.25) is 0 Å². The Morgan fingerprint density at radius 3 is 2.36 bits per heavy atom. The largest absolute Gasteiger partial charge is 0.466 e. The molecule has 2 aliphatic rings. The highest BCUT2D eigenvalue weighted by Crippen LogP contribution is 2.35. The highest BCUT2D eigenvalue weighted by atomic mass is 35.5. The van der Waals surface area contributed by atoms with E-state index < -0.39 is 11.9 Å². The first kappa shape index (κ1) is 20.4. The molecule has 1 saturated heterocycles. The molecule has 0 spiro atoms. The van der Waals surface area contributed by atoms with E-state index in [4.69, 9.17) is 25.8 Å². The van der Waals surface area contributed by atoms with Gasteiger partial charge in [0.1, 0.15) is 12.4 Å². The van der Waals surface area contributed by atoms with E-state index in [1.54, 1.807) is 0 Å². The Kier molecular flexibility index (Phi) is 6.43. The lowest BCUT2D eigenvalue weighted by molar-refractivity contribution is -0.140. The summed E-state index contributed by atoms with van der Waals surface area (Å²) in [5.74, 6) is -1.29. The second-order valence-electron chi connectivity index (χ2n) is 6.64. The molecule has 0 N–H and O–H groups in total. The van der Waals surface area contributed by atoms with Crippen LogP contribution in [0.5, 0.6) is 0 Å². The van der Waals surface area contributed by atoms with Crippen LogP contribution in [0.3, 0.4) is 0 Å². The lowest BCUT2D eigenvalue weighted by Crippen LogP contribution is -2.44. The van der Waals surface area contributed by atoms with Gasteiger partial charge in [-0.25, -0.2) is 9.59 Å². The fraction of sp³-hybridized carbons (Fsp3) is 0.474. The Bertz CT molecular complexity index is 790. The molecule has 0 aliphatic carbocycles. The van der Waals surface area contributed by atoms with Gasteiger partial charge in [0.05, 0.1) is 37.1 Å². The molecule has 9 heteroatoms. The predicted molar refractivity (Wildman–Crippen MR) is 106 cm³/mol. The summed E-state index contributed by atoms with van der Waals surface area (Å²) in [7, 11) is 4.61. The molecule has 0 atom stereocenters. The number of carbonyl (C=O) groups excluding carboxylic acids is 2. The lowest BCUT2D eigenvalue weighted by Gasteiger charge is -2.35. The maximum Gasteiger partial charge on any atom is 0.355 e. The average Bonchev–Trinajstić information content (AvgIpc) is 2.72. The predicted octanol–water partition coefficient (Wildman–Crippen LogP) is 1.49. The maximum absolute atomic E-state index is 12.4. The zero-order chi connectivity index (χ0) is 20.3. The van der Waals surface area contributed by atoms with Gasteiger partial charge in [0.2, 0.25) is 0 Å². The Balaban J connectivity index is 1.94. The highest BCUT2D eigenvalue weighted by molar-refractivity contribution is 6.33. The van der Waals surface area contributed by atoms with Crippen LogP contribution in [0.1, 0.15) is 0 Å². The van der Waals surface area contributed by atoms with Crippen molar-refractivity contribution in [3.63, 3.8) is 0 Å². The van der Waals surface area contributed by atoms with Crippen molar-refractivity contribution in [1.82, 2.24) is 4.90 Å². The van der Waals surface area contributed by atoms with Gasteiger partial charge >= 0.3 is 11.9 Å². The number of piperazine rings is 1. The van der Waals surface area contributed by atoms with E-state index in [1.807, 2.05) is 18.2 Å². The molecule has 2 heterocycles. The molecule has 3 rings (SSSR count). The molecule has 0 bridgehead atoms. The van der Waals surface area contributed by atoms with Crippen molar-refractivity contribution >= 4 is 34.9 Å². The van der Waals surface area contributed by atoms with Crippen LogP contribution in [0.15, 0.2) is 29.5 Å². The van der Waals surface area contributed by atoms with Crippen LogP contribution >= 0.6 is 11.6 Å². The molecule has 0 unspecified atom stereocenters. The number of carbonyl (C=O) groups is 2. The van der Waals surface area contributed by atoms with Crippen molar-refractivity contribution in [3.8, 4) is 0 Å². The minimum absolute atomic E-state index is 0.0371. The van der Waals surface area contributed by atoms with E-state index >= 15 is 0 Å². The van der Waals surface area contributed by atoms with Gasteiger partial charge in [-0.1, -0.05) is 11.6 Å². The van der Waals surface area contributed by atoms with E-state index in [2.05, 4.69) is 16.8 Å². The maximum atomic E-state index is 12.4. The smallest absolute Gasteiger partial charge is 0.355 e. The molecule has 0 aromatic heterocycles. The van der Waals surface area contributed by atoms with Crippen molar-refractivity contribution < 1.29 is 23.8 Å². The van der Waals surface area contributed by atoms with Gasteiger partial charge in [0, 0.05) is 31.9 Å². The minimum atomic E-state index is -0.650. The number of likely N-dealkylation sites (N-methyl/N-ethyl adjacent to an activating group) is 1. The third-order valence-electron chi connectivity index (χ3n) is 4.92. The summed E-state index contributed by atoms with van der Waals surface area (Å²) in [6.45, 7) is 3.83. The fourth-order valence-corrected chi connectivity index (χ4v) is 3.59. The number of rotatable bonds is 4. The first-order valence-corrected chi connectivity index (χ1v) is 9.32. The van der Waals surface area contributed by atoms with E-state index in [0.29, 0.717) is 10.7 Å². The fourth-order valence-electron chi connectivity index (χ4n) is 3.31. The van der Waals surface area contributed by atoms with Gasteiger partial charge in [0.15, 0.2) is 0 Å². The Labute approximate surface area is 169 Å². The third-order valence-corrected chi connectivity index (χ3v) is 5.23. The third kappa shape index (κ3) is 4.09. The Morgan fingerprint density at radius 1 is 1.07 bits per heavy atom. The quantitative estimate of drug-likeness (QED) is 0.693. The molecule has 28 heavy (non-hydrogen) atoms. The molecule has 0 amide bonds. The van der Waals surface area contributed by atoms with E-state index in [1.165, 1.54) is 19.1 Å². The molecule has 1 fully saturated rings. The number of hydrogen-bond acceptors (Lipinski definition) is 8. The summed E-state index contributed by atoms with van der Waals surface area (Å²) in [5.41, 5.74) is 1.74. The summed E-state index contributed by atoms with van der Waals surface area (Å²) in [6.07, 6.45) is 0. The van der Waals surface area contributed by atoms with Crippen LogP contribution < -0.4 is 9.80 Å². The summed E-state index contributed by atoms with van der Waals surface area (Å²) in [5, 5.41) is 0.451. The number of benzene rings is 1. The first-order valence-electron chi connectivity index (χ1n) is 8.94. The zero-order valence-electron chi connectivity index (χ0n) is 16.2. The molecule has 2 aliphatic heterocycles. The normalized spacial score (nSPS) is 18.3. The van der Waals surface area contributed by atoms with Gasteiger partial charge in [-0.2, -0.15) is 0 Å². The number of anilines is 2. The van der Waals surface area contributed by atoms with E-state index in [-0.39, 0.29) is 24.6 Å². The summed E-state index contributed by atoms with van der Waals surface area (Å²) in [6, 6.07) is 5.64. The number of methoxy groups -OCH3 is 2. The van der Waals surface area contributed by atoms with Crippen molar-refractivity contribution in [1.29, 1.82) is 0 Å². The van der Waals surface area contributed by atoms with Crippen LogP contribution in [0, 0.1) is 0 Å². The van der Waals surface area contributed by atoms with Crippen molar-refractivity contribution in [2.75, 3.05) is 70.6 Å². The van der Waals surface area contributed by atoms with Crippen LogP contribution in [0.4, 0.5) is 11.4 Å². The molecule has 0 radical (unpaired) electrons. The number of halogens is 1. The van der Waals surface area contributed by atoms with Crippen LogP contribution in [0.2, 0.25) is 5.02 Å². The van der Waals surface area contributed by atoms with Gasteiger partial charge < -0.3 is 28.9 Å². The van der Waals surface area contributed by atoms with E-state index in [0.717, 1.165) is 31.9 Å². The number of nitrogens with zero attached hydrogens (tertiary/aromatic N) is 3. The molecular formula is C19H24ClN3O5. The molecular weight excluding hydrogens is 386 g/mol. The second-order valence-corrected chi connectivity index (χ2v) is 7.05. The Hall–Kier alpha value is -2.29. The van der Waals surface area contributed by atoms with Crippen molar-refractivity contribution in [2.24, 2.45) is 0 Å². The molecule has 1 aromatic rings. The monoisotopic (exact) mass is 409 g/mol. The first-order chi connectivity index (χ1) is 13.5. The van der Waals surface area contributed by atoms with Gasteiger partial charge in [-0.05, 0) is 25.2 Å². The van der Waals surface area contributed by atoms with Crippen LogP contribution in [-0.2, 0) is 23.8 Å². The van der Waals surface area contributed by atoms with Gasteiger partial charge in [-0.15, -0.1) is 0 Å². The second kappa shape index (κ2) is 8.81. The topological polar surface area (TPSA) is 71.6 Å². The molecule has 152 valence electrons. The standard InChI is InChI=1S/C19H24ClN3O5/c1-21-6-8-22(9-7-21)13-4-5-16(15(20)10-13)23-12-28-11-14(18(24)26-2)17(23)19(25)27-3/h4-5,10H,6-9,11-12H2,1-3H3. The Morgan fingerprint density at radius 2 is 1.75 bits per heavy atom. The molecule has 0 saturated carbocycles. The van der Waals surface area contributed by atoms with Crippen LogP contribution in [-0.4, -0.2) is 77.6 Å². The van der Waals surface area contributed by atoms with Crippen LogP contribution in [0.25, 0.3) is 0 Å². The van der Waals surface area contributed by atoms with Crippen molar-refractivity contribution in [3.05, 3.63) is 34.5 Å². The van der Waals surface area contributed by atoms with Gasteiger partial charge in [0.25, 0.3) is 0 Å². The number of ether oxygens (including phenoxy) is 3. The number of esters is 2.